The second-order valence-corrected chi connectivity index (χ2v) is 3.76. The summed E-state index contributed by atoms with van der Waals surface area (Å²) in [6.07, 6.45) is 1.79. The third-order valence-electron chi connectivity index (χ3n) is 2.20. The second-order valence-electron chi connectivity index (χ2n) is 3.36. The van der Waals surface area contributed by atoms with Crippen LogP contribution in [0.2, 0.25) is 5.02 Å². The van der Waals surface area contributed by atoms with Crippen molar-refractivity contribution in [1.29, 1.82) is 0 Å². The number of aryl methyl sites for hydroxylation is 1. The maximum Gasteiger partial charge on any atom is 0.167 e. The van der Waals surface area contributed by atoms with Gasteiger partial charge in [-0.3, -0.25) is 0 Å². The molecule has 0 unspecified atom stereocenters. The summed E-state index contributed by atoms with van der Waals surface area (Å²) in [7, 11) is 1.80. The fraction of sp³-hybridized carbons (Fsp3) is 0.182. The molecule has 0 spiro atoms. The van der Waals surface area contributed by atoms with Gasteiger partial charge in [-0.1, -0.05) is 29.3 Å². The van der Waals surface area contributed by atoms with E-state index in [1.165, 1.54) is 5.56 Å². The Balaban J connectivity index is 2.41. The van der Waals surface area contributed by atoms with Crippen molar-refractivity contribution >= 4 is 17.4 Å². The molecule has 0 aliphatic rings. The van der Waals surface area contributed by atoms with Gasteiger partial charge in [-0.25, -0.2) is 4.68 Å². The largest absolute Gasteiger partial charge is 0.370 e. The van der Waals surface area contributed by atoms with E-state index in [9.17, 15) is 0 Å². The third kappa shape index (κ3) is 1.97. The lowest BCUT2D eigenvalue weighted by Gasteiger charge is -2.00. The number of benzene rings is 1. The number of aromatic nitrogens is 2. The van der Waals surface area contributed by atoms with Gasteiger partial charge in [0.25, 0.3) is 0 Å². The molecule has 0 radical (unpaired) electrons. The number of halogens is 1. The monoisotopic (exact) mass is 221 g/mol. The van der Waals surface area contributed by atoms with E-state index < -0.39 is 0 Å². The minimum Gasteiger partial charge on any atom is -0.370 e. The molecule has 0 aliphatic carbocycles. The SMILES string of the molecule is CNc1nn(-c2ccc(C)cc2)cc1Cl. The van der Waals surface area contributed by atoms with Crippen LogP contribution in [0.25, 0.3) is 5.69 Å². The molecule has 3 nitrogen and oxygen atoms in total. The highest BCUT2D eigenvalue weighted by molar-refractivity contribution is 6.32. The molecule has 0 atom stereocenters. The maximum atomic E-state index is 5.98. The van der Waals surface area contributed by atoms with E-state index in [1.807, 2.05) is 24.3 Å². The zero-order valence-corrected chi connectivity index (χ0v) is 9.42. The van der Waals surface area contributed by atoms with Gasteiger partial charge in [0.15, 0.2) is 5.82 Å². The standard InChI is InChI=1S/C11H12ClN3/c1-8-3-5-9(6-4-8)15-7-10(12)11(13-2)14-15/h3-7H,1-2H3,(H,13,14). The summed E-state index contributed by atoms with van der Waals surface area (Å²) in [6, 6.07) is 8.12. The number of rotatable bonds is 2. The highest BCUT2D eigenvalue weighted by atomic mass is 35.5. The van der Waals surface area contributed by atoms with Crippen molar-refractivity contribution in [3.63, 3.8) is 0 Å². The normalized spacial score (nSPS) is 10.3. The number of hydrogen-bond acceptors (Lipinski definition) is 2. The van der Waals surface area contributed by atoms with Crippen molar-refractivity contribution < 1.29 is 0 Å². The number of anilines is 1. The molecule has 2 rings (SSSR count). The van der Waals surface area contributed by atoms with Crippen molar-refractivity contribution in [2.45, 2.75) is 6.92 Å². The molecule has 15 heavy (non-hydrogen) atoms. The molecule has 0 amide bonds. The second kappa shape index (κ2) is 3.95. The fourth-order valence-electron chi connectivity index (χ4n) is 1.35. The van der Waals surface area contributed by atoms with Crippen LogP contribution in [0.4, 0.5) is 5.82 Å². The molecule has 78 valence electrons. The zero-order chi connectivity index (χ0) is 10.8. The summed E-state index contributed by atoms with van der Waals surface area (Å²) in [4.78, 5) is 0. The number of nitrogens with zero attached hydrogens (tertiary/aromatic N) is 2. The third-order valence-corrected chi connectivity index (χ3v) is 2.48. The van der Waals surface area contributed by atoms with Gasteiger partial charge in [-0.15, -0.1) is 5.10 Å². The molecule has 1 aromatic heterocycles. The predicted octanol–water partition coefficient (Wildman–Crippen LogP) is 2.88. The van der Waals surface area contributed by atoms with Gasteiger partial charge in [0, 0.05) is 7.05 Å². The van der Waals surface area contributed by atoms with E-state index in [2.05, 4.69) is 17.3 Å². The first kappa shape index (κ1) is 10.1. The van der Waals surface area contributed by atoms with Crippen molar-refractivity contribution in [3.05, 3.63) is 41.0 Å². The summed E-state index contributed by atoms with van der Waals surface area (Å²) in [6.45, 7) is 2.05. The summed E-state index contributed by atoms with van der Waals surface area (Å²) < 4.78 is 1.76. The number of hydrogen-bond donors (Lipinski definition) is 1. The quantitative estimate of drug-likeness (QED) is 0.845. The summed E-state index contributed by atoms with van der Waals surface area (Å²) in [5.41, 5.74) is 2.23. The molecule has 0 saturated heterocycles. The average molecular weight is 222 g/mol. The Kier molecular flexibility index (Phi) is 2.64. The van der Waals surface area contributed by atoms with Crippen LogP contribution in [-0.4, -0.2) is 16.8 Å². The topological polar surface area (TPSA) is 29.9 Å². The van der Waals surface area contributed by atoms with Gasteiger partial charge >= 0.3 is 0 Å². The van der Waals surface area contributed by atoms with E-state index in [0.29, 0.717) is 10.8 Å². The van der Waals surface area contributed by atoms with E-state index in [-0.39, 0.29) is 0 Å². The first-order valence-electron chi connectivity index (χ1n) is 4.70. The van der Waals surface area contributed by atoms with Crippen LogP contribution in [0, 0.1) is 6.92 Å². The van der Waals surface area contributed by atoms with Crippen LogP contribution >= 0.6 is 11.6 Å². The van der Waals surface area contributed by atoms with Crippen LogP contribution in [0.3, 0.4) is 0 Å². The Labute approximate surface area is 93.7 Å². The molecule has 0 saturated carbocycles. The van der Waals surface area contributed by atoms with Crippen LogP contribution in [0.5, 0.6) is 0 Å². The number of nitrogens with one attached hydrogen (secondary N) is 1. The maximum absolute atomic E-state index is 5.98. The van der Waals surface area contributed by atoms with Gasteiger partial charge in [-0.05, 0) is 19.1 Å². The summed E-state index contributed by atoms with van der Waals surface area (Å²) >= 11 is 5.98. The molecule has 1 N–H and O–H groups in total. The van der Waals surface area contributed by atoms with Crippen LogP contribution in [0.15, 0.2) is 30.5 Å². The average Bonchev–Trinajstić information content (AvgIpc) is 2.61. The molecule has 0 bridgehead atoms. The Bertz CT molecular complexity index is 459. The summed E-state index contributed by atoms with van der Waals surface area (Å²) in [5, 5.41) is 7.86. The lowest BCUT2D eigenvalue weighted by molar-refractivity contribution is 0.882. The smallest absolute Gasteiger partial charge is 0.167 e. The molecular formula is C11H12ClN3. The van der Waals surface area contributed by atoms with Gasteiger partial charge in [0.05, 0.1) is 11.9 Å². The summed E-state index contributed by atoms with van der Waals surface area (Å²) in [5.74, 6) is 0.692. The Morgan fingerprint density at radius 3 is 2.47 bits per heavy atom. The van der Waals surface area contributed by atoms with Crippen LogP contribution in [-0.2, 0) is 0 Å². The fourth-order valence-corrected chi connectivity index (χ4v) is 1.58. The molecule has 1 aromatic carbocycles. The molecule has 4 heteroatoms. The minimum absolute atomic E-state index is 0.623. The van der Waals surface area contributed by atoms with Gasteiger partial charge < -0.3 is 5.32 Å². The zero-order valence-electron chi connectivity index (χ0n) is 8.66. The van der Waals surface area contributed by atoms with E-state index in [4.69, 9.17) is 11.6 Å². The highest BCUT2D eigenvalue weighted by Gasteiger charge is 2.05. The Morgan fingerprint density at radius 2 is 1.93 bits per heavy atom. The van der Waals surface area contributed by atoms with Crippen LogP contribution in [0.1, 0.15) is 5.56 Å². The molecule has 2 aromatic rings. The lowest BCUT2D eigenvalue weighted by Crippen LogP contribution is -1.96. The molecule has 0 aliphatic heterocycles. The van der Waals surface area contributed by atoms with Gasteiger partial charge in [0.1, 0.15) is 5.02 Å². The Morgan fingerprint density at radius 1 is 1.27 bits per heavy atom. The van der Waals surface area contributed by atoms with Gasteiger partial charge in [0.2, 0.25) is 0 Å². The first-order valence-corrected chi connectivity index (χ1v) is 5.08. The first-order chi connectivity index (χ1) is 7.20. The predicted molar refractivity (Wildman–Crippen MR) is 62.9 cm³/mol. The molecule has 0 fully saturated rings. The van der Waals surface area contributed by atoms with Crippen molar-refractivity contribution in [3.8, 4) is 5.69 Å². The molecule has 1 heterocycles. The van der Waals surface area contributed by atoms with Crippen molar-refractivity contribution in [2.75, 3.05) is 12.4 Å². The van der Waals surface area contributed by atoms with E-state index in [1.54, 1.807) is 17.9 Å². The van der Waals surface area contributed by atoms with Crippen molar-refractivity contribution in [2.24, 2.45) is 0 Å². The van der Waals surface area contributed by atoms with E-state index in [0.717, 1.165) is 5.69 Å². The molecular weight excluding hydrogens is 210 g/mol. The van der Waals surface area contributed by atoms with Crippen molar-refractivity contribution in [1.82, 2.24) is 9.78 Å². The lowest BCUT2D eigenvalue weighted by atomic mass is 10.2. The van der Waals surface area contributed by atoms with Crippen LogP contribution < -0.4 is 5.32 Å². The van der Waals surface area contributed by atoms with Gasteiger partial charge in [-0.2, -0.15) is 0 Å². The minimum atomic E-state index is 0.623. The Hall–Kier alpha value is -1.48. The van der Waals surface area contributed by atoms with E-state index >= 15 is 0 Å². The highest BCUT2D eigenvalue weighted by Crippen LogP contribution is 2.21.